The summed E-state index contributed by atoms with van der Waals surface area (Å²) in [5, 5.41) is 2.74. The third-order valence-electron chi connectivity index (χ3n) is 2.87. The van der Waals surface area contributed by atoms with Crippen LogP contribution in [0.4, 0.5) is 0 Å². The van der Waals surface area contributed by atoms with E-state index in [0.29, 0.717) is 5.56 Å². The second kappa shape index (κ2) is 13.6. The molecular weight excluding hydrogens is 302 g/mol. The average molecular weight is 338 g/mol. The van der Waals surface area contributed by atoms with Gasteiger partial charge >= 0.3 is 5.97 Å². The molecule has 0 aliphatic carbocycles. The molecule has 0 bridgehead atoms. The minimum Gasteiger partial charge on any atom is -0.461 e. The normalized spacial score (nSPS) is 10.8. The number of carbonyl (C=O) groups excluding carboxylic acids is 2. The fourth-order valence-electron chi connectivity index (χ4n) is 1.73. The topological polar surface area (TPSA) is 55.4 Å². The van der Waals surface area contributed by atoms with Crippen LogP contribution in [-0.4, -0.2) is 24.0 Å². The number of esters is 1. The number of amides is 1. The van der Waals surface area contributed by atoms with E-state index in [0.717, 1.165) is 5.56 Å². The lowest BCUT2D eigenvalue weighted by Crippen LogP contribution is -2.45. The van der Waals surface area contributed by atoms with Crippen molar-refractivity contribution in [3.63, 3.8) is 0 Å². The molecular formula is C20H35NO3. The lowest BCUT2D eigenvalue weighted by atomic mass is 10.0. The number of carbonyl (C=O) groups is 2. The van der Waals surface area contributed by atoms with Crippen molar-refractivity contribution in [1.29, 1.82) is 0 Å². The fourth-order valence-corrected chi connectivity index (χ4v) is 1.73. The molecule has 1 atom stereocenters. The van der Waals surface area contributed by atoms with E-state index in [2.05, 4.69) is 5.32 Å². The van der Waals surface area contributed by atoms with E-state index in [1.165, 1.54) is 0 Å². The van der Waals surface area contributed by atoms with Crippen LogP contribution in [0.2, 0.25) is 0 Å². The van der Waals surface area contributed by atoms with Crippen LogP contribution < -0.4 is 5.32 Å². The molecule has 24 heavy (non-hydrogen) atoms. The van der Waals surface area contributed by atoms with Gasteiger partial charge in [0.2, 0.25) is 0 Å². The molecule has 0 fully saturated rings. The maximum absolute atomic E-state index is 12.1. The molecule has 0 radical (unpaired) electrons. The van der Waals surface area contributed by atoms with E-state index in [9.17, 15) is 9.59 Å². The Morgan fingerprint density at radius 2 is 1.38 bits per heavy atom. The molecule has 0 saturated carbocycles. The molecule has 0 saturated heterocycles. The first-order valence-corrected chi connectivity index (χ1v) is 8.89. The van der Waals surface area contributed by atoms with Gasteiger partial charge in [-0.25, -0.2) is 4.79 Å². The summed E-state index contributed by atoms with van der Waals surface area (Å²) in [4.78, 5) is 24.1. The molecule has 0 aliphatic heterocycles. The van der Waals surface area contributed by atoms with Crippen LogP contribution in [0.25, 0.3) is 0 Å². The minimum absolute atomic E-state index is 0.0318. The third kappa shape index (κ3) is 9.33. The van der Waals surface area contributed by atoms with Gasteiger partial charge in [0.15, 0.2) is 0 Å². The molecule has 0 aliphatic rings. The predicted molar refractivity (Wildman–Crippen MR) is 101 cm³/mol. The molecule has 1 aromatic rings. The van der Waals surface area contributed by atoms with Gasteiger partial charge in [-0.1, -0.05) is 59.2 Å². The SMILES string of the molecule is CC.CC.Cc1ccc(C(=O)NC(C(=O)OC(C)C)C(C)C)cc1. The molecule has 138 valence electrons. The lowest BCUT2D eigenvalue weighted by Gasteiger charge is -2.22. The van der Waals surface area contributed by atoms with Crippen LogP contribution in [0.3, 0.4) is 0 Å². The van der Waals surface area contributed by atoms with Gasteiger partial charge in [0, 0.05) is 5.56 Å². The summed E-state index contributed by atoms with van der Waals surface area (Å²) in [6, 6.07) is 6.59. The maximum Gasteiger partial charge on any atom is 0.329 e. The minimum atomic E-state index is -0.633. The van der Waals surface area contributed by atoms with Gasteiger partial charge in [0.1, 0.15) is 6.04 Å². The van der Waals surface area contributed by atoms with Gasteiger partial charge in [-0.15, -0.1) is 0 Å². The van der Waals surface area contributed by atoms with Crippen molar-refractivity contribution < 1.29 is 14.3 Å². The van der Waals surface area contributed by atoms with E-state index in [-0.39, 0.29) is 17.9 Å². The number of benzene rings is 1. The number of ether oxygens (including phenoxy) is 1. The lowest BCUT2D eigenvalue weighted by molar-refractivity contribution is -0.150. The van der Waals surface area contributed by atoms with Crippen LogP contribution >= 0.6 is 0 Å². The molecule has 0 spiro atoms. The van der Waals surface area contributed by atoms with Gasteiger partial charge in [-0.05, 0) is 38.8 Å². The first kappa shape index (κ1) is 24.4. The van der Waals surface area contributed by atoms with Crippen LogP contribution in [0.15, 0.2) is 24.3 Å². The highest BCUT2D eigenvalue weighted by molar-refractivity contribution is 5.96. The number of aryl methyl sites for hydroxylation is 1. The number of rotatable bonds is 5. The molecule has 1 rings (SSSR count). The number of nitrogens with one attached hydrogen (secondary N) is 1. The standard InChI is InChI=1S/C16H23NO3.2C2H6/c1-10(2)14(16(19)20-11(3)4)17-15(18)13-8-6-12(5)7-9-13;2*1-2/h6-11,14H,1-5H3,(H,17,18);2*1-2H3. The Morgan fingerprint density at radius 1 is 0.917 bits per heavy atom. The molecule has 1 amide bonds. The van der Waals surface area contributed by atoms with Crippen molar-refractivity contribution in [1.82, 2.24) is 5.32 Å². The zero-order valence-electron chi connectivity index (χ0n) is 16.8. The Morgan fingerprint density at radius 3 is 1.75 bits per heavy atom. The quantitative estimate of drug-likeness (QED) is 0.789. The van der Waals surface area contributed by atoms with Crippen LogP contribution in [0.5, 0.6) is 0 Å². The fraction of sp³-hybridized carbons (Fsp3) is 0.600. The van der Waals surface area contributed by atoms with Crippen molar-refractivity contribution >= 4 is 11.9 Å². The van der Waals surface area contributed by atoms with Crippen LogP contribution in [-0.2, 0) is 9.53 Å². The first-order valence-electron chi connectivity index (χ1n) is 8.89. The largest absolute Gasteiger partial charge is 0.461 e. The van der Waals surface area contributed by atoms with E-state index >= 15 is 0 Å². The highest BCUT2D eigenvalue weighted by Gasteiger charge is 2.26. The van der Waals surface area contributed by atoms with Crippen molar-refractivity contribution in [2.24, 2.45) is 5.92 Å². The number of hydrogen-bond acceptors (Lipinski definition) is 3. The summed E-state index contributed by atoms with van der Waals surface area (Å²) in [6.45, 7) is 17.3. The van der Waals surface area contributed by atoms with Crippen LogP contribution in [0, 0.1) is 12.8 Å². The van der Waals surface area contributed by atoms with Crippen LogP contribution in [0.1, 0.15) is 71.3 Å². The summed E-state index contributed by atoms with van der Waals surface area (Å²) in [7, 11) is 0. The van der Waals surface area contributed by atoms with E-state index < -0.39 is 12.0 Å². The summed E-state index contributed by atoms with van der Waals surface area (Å²) in [5.74, 6) is -0.685. The van der Waals surface area contributed by atoms with Gasteiger partial charge in [0.25, 0.3) is 5.91 Å². The molecule has 4 nitrogen and oxygen atoms in total. The summed E-state index contributed by atoms with van der Waals surface area (Å²) < 4.78 is 5.18. The van der Waals surface area contributed by atoms with Gasteiger partial charge < -0.3 is 10.1 Å². The molecule has 4 heteroatoms. The highest BCUT2D eigenvalue weighted by atomic mass is 16.5. The predicted octanol–water partition coefficient (Wildman–Crippen LogP) is 4.75. The molecule has 1 aromatic carbocycles. The van der Waals surface area contributed by atoms with Crippen molar-refractivity contribution in [2.45, 2.75) is 74.5 Å². The summed E-state index contributed by atoms with van der Waals surface area (Å²) in [5.41, 5.74) is 1.62. The van der Waals surface area contributed by atoms with Crippen molar-refractivity contribution in [3.8, 4) is 0 Å². The first-order chi connectivity index (χ1) is 11.3. The van der Waals surface area contributed by atoms with Gasteiger partial charge in [-0.2, -0.15) is 0 Å². The highest BCUT2D eigenvalue weighted by Crippen LogP contribution is 2.09. The Bertz CT molecular complexity index is 464. The number of hydrogen-bond donors (Lipinski definition) is 1. The van der Waals surface area contributed by atoms with E-state index in [4.69, 9.17) is 4.74 Å². The van der Waals surface area contributed by atoms with Gasteiger partial charge in [-0.3, -0.25) is 4.79 Å². The summed E-state index contributed by atoms with van der Waals surface area (Å²) in [6.07, 6.45) is -0.194. The van der Waals surface area contributed by atoms with E-state index in [1.807, 2.05) is 60.6 Å². The molecule has 1 N–H and O–H groups in total. The second-order valence-corrected chi connectivity index (χ2v) is 5.55. The Balaban J connectivity index is 0. The molecule has 0 heterocycles. The van der Waals surface area contributed by atoms with Gasteiger partial charge in [0.05, 0.1) is 6.10 Å². The third-order valence-corrected chi connectivity index (χ3v) is 2.87. The summed E-state index contributed by atoms with van der Waals surface area (Å²) >= 11 is 0. The monoisotopic (exact) mass is 337 g/mol. The Labute approximate surface area is 148 Å². The zero-order chi connectivity index (χ0) is 19.3. The average Bonchev–Trinajstić information content (AvgIpc) is 2.55. The van der Waals surface area contributed by atoms with E-state index in [1.54, 1.807) is 26.0 Å². The molecule has 0 aromatic heterocycles. The van der Waals surface area contributed by atoms with Crippen molar-refractivity contribution in [2.75, 3.05) is 0 Å². The van der Waals surface area contributed by atoms with Crippen molar-refractivity contribution in [3.05, 3.63) is 35.4 Å². The Hall–Kier alpha value is -1.84. The maximum atomic E-state index is 12.1. The zero-order valence-corrected chi connectivity index (χ0v) is 16.8. The smallest absolute Gasteiger partial charge is 0.329 e. The second-order valence-electron chi connectivity index (χ2n) is 5.55. The molecule has 1 unspecified atom stereocenters. The Kier molecular flexibility index (Phi) is 13.8.